The van der Waals surface area contributed by atoms with E-state index in [1.54, 1.807) is 0 Å². The molecule has 7 aromatic rings. The van der Waals surface area contributed by atoms with Gasteiger partial charge in [0.1, 0.15) is 17.7 Å². The highest BCUT2D eigenvalue weighted by Crippen LogP contribution is 2.62. The molecule has 0 bridgehead atoms. The number of rotatable bonds is 4. The molecule has 0 saturated heterocycles. The van der Waals surface area contributed by atoms with Crippen LogP contribution in [0.25, 0.3) is 28.0 Å². The Balaban J connectivity index is 1.07. The van der Waals surface area contributed by atoms with E-state index in [9.17, 15) is 0 Å². The molecule has 0 saturated carbocycles. The zero-order chi connectivity index (χ0) is 33.9. The molecule has 0 radical (unpaired) electrons. The van der Waals surface area contributed by atoms with Gasteiger partial charge in [-0.2, -0.15) is 0 Å². The van der Waals surface area contributed by atoms with Crippen molar-refractivity contribution in [2.45, 2.75) is 11.6 Å². The Labute approximate surface area is 298 Å². The lowest BCUT2D eigenvalue weighted by molar-refractivity contribution is 0.364. The van der Waals surface area contributed by atoms with E-state index in [0.29, 0.717) is 0 Å². The first-order valence-electron chi connectivity index (χ1n) is 17.5. The van der Waals surface area contributed by atoms with Gasteiger partial charge >= 0.3 is 0 Å². The molecule has 1 spiro atoms. The molecule has 1 atom stereocenters. The topological polar surface area (TPSA) is 24.8 Å². The quantitative estimate of drug-likeness (QED) is 0.189. The Morgan fingerprint density at radius 3 is 1.73 bits per heavy atom. The summed E-state index contributed by atoms with van der Waals surface area (Å²) in [5, 5.41) is 0. The average Bonchev–Trinajstić information content (AvgIpc) is 3.49. The Morgan fingerprint density at radius 1 is 0.490 bits per heavy atom. The van der Waals surface area contributed by atoms with Gasteiger partial charge in [0.15, 0.2) is 0 Å². The summed E-state index contributed by atoms with van der Waals surface area (Å²) in [5.41, 5.74) is 15.0. The van der Waals surface area contributed by atoms with E-state index in [-0.39, 0.29) is 6.17 Å². The van der Waals surface area contributed by atoms with Crippen LogP contribution in [-0.2, 0) is 5.41 Å². The second kappa shape index (κ2) is 11.6. The van der Waals surface area contributed by atoms with Crippen LogP contribution in [0.1, 0.15) is 45.1 Å². The Kier molecular flexibility index (Phi) is 6.68. The van der Waals surface area contributed by atoms with E-state index in [1.807, 2.05) is 0 Å². The standard InChI is InChI=1S/C48H34N2O/c1-50-44(34-16-6-3-7-17-34)31-43(33-14-4-2-5-15-33)49-47(50)35-26-24-32(25-27-35)36-28-29-40-38(30-36)37-18-8-9-19-39(37)48(40)41-20-10-12-22-45(41)51-46-23-13-11-21-42(46)48/h2-31,47H,1H3. The number of hydrogen-bond acceptors (Lipinski definition) is 3. The number of allylic oxidation sites excluding steroid dienone is 1. The van der Waals surface area contributed by atoms with E-state index in [0.717, 1.165) is 34.0 Å². The van der Waals surface area contributed by atoms with Crippen molar-refractivity contribution in [1.82, 2.24) is 4.90 Å². The summed E-state index contributed by atoms with van der Waals surface area (Å²) in [7, 11) is 2.14. The summed E-state index contributed by atoms with van der Waals surface area (Å²) in [4.78, 5) is 7.58. The summed E-state index contributed by atoms with van der Waals surface area (Å²) >= 11 is 0. The Hall–Kier alpha value is -6.45. The number of benzene rings is 7. The van der Waals surface area contributed by atoms with Gasteiger partial charge in [0, 0.05) is 23.9 Å². The number of hydrogen-bond donors (Lipinski definition) is 0. The van der Waals surface area contributed by atoms with Crippen molar-refractivity contribution in [2.24, 2.45) is 4.99 Å². The smallest absolute Gasteiger partial charge is 0.147 e. The van der Waals surface area contributed by atoms with Gasteiger partial charge in [0.25, 0.3) is 0 Å². The molecule has 10 rings (SSSR count). The maximum absolute atomic E-state index is 6.50. The Bertz CT molecular complexity index is 2470. The van der Waals surface area contributed by atoms with E-state index >= 15 is 0 Å². The third-order valence-electron chi connectivity index (χ3n) is 10.8. The van der Waals surface area contributed by atoms with Crippen molar-refractivity contribution < 1.29 is 4.74 Å². The van der Waals surface area contributed by atoms with Gasteiger partial charge < -0.3 is 9.64 Å². The van der Waals surface area contributed by atoms with E-state index in [2.05, 4.69) is 194 Å². The molecule has 0 amide bonds. The number of nitrogens with zero attached hydrogens (tertiary/aromatic N) is 2. The second-order valence-corrected chi connectivity index (χ2v) is 13.5. The molecule has 242 valence electrons. The average molecular weight is 655 g/mol. The predicted molar refractivity (Wildman–Crippen MR) is 207 cm³/mol. The SMILES string of the molecule is CN1C(c2ccccc2)=CC(c2ccccc2)=NC1c1ccc(-c2ccc3c(c2)-c2ccccc2C32c3ccccc3Oc3ccccc32)cc1. The molecule has 7 aromatic carbocycles. The van der Waals surface area contributed by atoms with Gasteiger partial charge in [-0.05, 0) is 74.3 Å². The zero-order valence-electron chi connectivity index (χ0n) is 28.2. The predicted octanol–water partition coefficient (Wildman–Crippen LogP) is 11.3. The largest absolute Gasteiger partial charge is 0.457 e. The number of ether oxygens (including phenoxy) is 1. The number of aliphatic imine (C=N–C) groups is 1. The maximum Gasteiger partial charge on any atom is 0.147 e. The highest BCUT2D eigenvalue weighted by Gasteiger charge is 2.50. The third-order valence-corrected chi connectivity index (χ3v) is 10.8. The van der Waals surface area contributed by atoms with E-state index < -0.39 is 5.41 Å². The first-order chi connectivity index (χ1) is 25.2. The molecular weight excluding hydrogens is 621 g/mol. The van der Waals surface area contributed by atoms with Crippen molar-refractivity contribution in [3.05, 3.63) is 221 Å². The second-order valence-electron chi connectivity index (χ2n) is 13.5. The molecule has 3 heteroatoms. The molecule has 3 aliphatic rings. The lowest BCUT2D eigenvalue weighted by atomic mass is 9.66. The van der Waals surface area contributed by atoms with Gasteiger partial charge in [-0.15, -0.1) is 0 Å². The third kappa shape index (κ3) is 4.48. The van der Waals surface area contributed by atoms with Gasteiger partial charge in [-0.25, -0.2) is 0 Å². The van der Waals surface area contributed by atoms with Gasteiger partial charge in [0.2, 0.25) is 0 Å². The molecule has 0 aromatic heterocycles. The molecule has 0 fully saturated rings. The van der Waals surface area contributed by atoms with Gasteiger partial charge in [0.05, 0.1) is 11.1 Å². The van der Waals surface area contributed by atoms with Crippen LogP contribution < -0.4 is 4.74 Å². The van der Waals surface area contributed by atoms with Crippen LogP contribution in [0.15, 0.2) is 187 Å². The highest BCUT2D eigenvalue weighted by molar-refractivity contribution is 6.13. The lowest BCUT2D eigenvalue weighted by Gasteiger charge is -2.39. The number of para-hydroxylation sites is 2. The highest BCUT2D eigenvalue weighted by atomic mass is 16.5. The lowest BCUT2D eigenvalue weighted by Crippen LogP contribution is -2.32. The minimum atomic E-state index is -0.455. The first kappa shape index (κ1) is 29.5. The molecule has 1 unspecified atom stereocenters. The van der Waals surface area contributed by atoms with Crippen LogP contribution in [0, 0.1) is 0 Å². The fourth-order valence-corrected chi connectivity index (χ4v) is 8.47. The first-order valence-corrected chi connectivity index (χ1v) is 17.5. The zero-order valence-corrected chi connectivity index (χ0v) is 28.2. The Morgan fingerprint density at radius 2 is 1.04 bits per heavy atom. The monoisotopic (exact) mass is 654 g/mol. The van der Waals surface area contributed by atoms with Gasteiger partial charge in [-0.3, -0.25) is 4.99 Å². The summed E-state index contributed by atoms with van der Waals surface area (Å²) in [6.45, 7) is 0. The summed E-state index contributed by atoms with van der Waals surface area (Å²) in [6, 6.07) is 63.0. The minimum absolute atomic E-state index is 0.158. The molecular formula is C48H34N2O. The van der Waals surface area contributed by atoms with Crippen molar-refractivity contribution in [3.8, 4) is 33.8 Å². The van der Waals surface area contributed by atoms with Crippen LogP contribution in [0.3, 0.4) is 0 Å². The summed E-state index contributed by atoms with van der Waals surface area (Å²) in [6.07, 6.45) is 2.05. The van der Waals surface area contributed by atoms with Gasteiger partial charge in [-0.1, -0.05) is 158 Å². The normalized spacial score (nSPS) is 16.3. The number of fused-ring (bicyclic) bond motifs is 9. The molecule has 1 aliphatic carbocycles. The molecule has 0 N–H and O–H groups in total. The van der Waals surface area contributed by atoms with Crippen LogP contribution in [-0.4, -0.2) is 17.7 Å². The summed E-state index contributed by atoms with van der Waals surface area (Å²) in [5.74, 6) is 1.82. The van der Waals surface area contributed by atoms with Crippen molar-refractivity contribution >= 4 is 11.4 Å². The molecule has 2 heterocycles. The van der Waals surface area contributed by atoms with Crippen LogP contribution in [0.5, 0.6) is 11.5 Å². The van der Waals surface area contributed by atoms with Crippen molar-refractivity contribution in [3.63, 3.8) is 0 Å². The summed E-state index contributed by atoms with van der Waals surface area (Å²) < 4.78 is 6.50. The van der Waals surface area contributed by atoms with E-state index in [4.69, 9.17) is 9.73 Å². The molecule has 2 aliphatic heterocycles. The fourth-order valence-electron chi connectivity index (χ4n) is 8.47. The molecule has 3 nitrogen and oxygen atoms in total. The molecule has 51 heavy (non-hydrogen) atoms. The van der Waals surface area contributed by atoms with E-state index in [1.165, 1.54) is 50.1 Å². The van der Waals surface area contributed by atoms with Crippen molar-refractivity contribution in [2.75, 3.05) is 7.05 Å². The fraction of sp³-hybridized carbons (Fsp3) is 0.0625. The van der Waals surface area contributed by atoms with Crippen LogP contribution in [0.4, 0.5) is 0 Å². The van der Waals surface area contributed by atoms with Crippen molar-refractivity contribution in [1.29, 1.82) is 0 Å². The minimum Gasteiger partial charge on any atom is -0.457 e. The maximum atomic E-state index is 6.50. The van der Waals surface area contributed by atoms with Crippen LogP contribution in [0.2, 0.25) is 0 Å². The van der Waals surface area contributed by atoms with Crippen LogP contribution >= 0.6 is 0 Å².